The number of carbonyl (C=O) groups excluding carboxylic acids is 3. The highest BCUT2D eigenvalue weighted by molar-refractivity contribution is 5.70. The molecule has 0 N–H and O–H groups in total. The van der Waals surface area contributed by atoms with E-state index in [-0.39, 0.29) is 32.2 Å². The fourth-order valence-corrected chi connectivity index (χ4v) is 12.3. The molecule has 0 aromatic carbocycles. The van der Waals surface area contributed by atoms with Crippen LogP contribution in [0, 0.1) is 0 Å². The molecule has 0 bridgehead atoms. The van der Waals surface area contributed by atoms with Gasteiger partial charge in [-0.05, 0) is 116 Å². The van der Waals surface area contributed by atoms with Crippen molar-refractivity contribution in [2.45, 2.75) is 399 Å². The summed E-state index contributed by atoms with van der Waals surface area (Å²) in [6, 6.07) is 0. The summed E-state index contributed by atoms with van der Waals surface area (Å²) in [6.45, 7) is 4.67. The number of ether oxygens (including phenoxy) is 4. The van der Waals surface area contributed by atoms with Crippen molar-refractivity contribution in [2.75, 3.05) is 47.5 Å². The van der Waals surface area contributed by atoms with E-state index in [1.165, 1.54) is 244 Å². The predicted molar refractivity (Wildman–Crippen MR) is 444 cm³/mol. The molecule has 0 spiro atoms. The zero-order valence-corrected chi connectivity index (χ0v) is 67.9. The number of unbranched alkanes of at least 4 members (excludes halogenated alkanes) is 43. The molecule has 0 saturated carbocycles. The number of carboxylic acid groups (broad SMARTS) is 1. The number of carboxylic acids is 1. The molecule has 2 atom stereocenters. The monoisotopic (exact) mass is 1430 g/mol. The second-order valence-corrected chi connectivity index (χ2v) is 30.1. The van der Waals surface area contributed by atoms with E-state index in [0.29, 0.717) is 23.9 Å². The summed E-state index contributed by atoms with van der Waals surface area (Å²) in [5.74, 6) is -2.28. The summed E-state index contributed by atoms with van der Waals surface area (Å²) < 4.78 is 22.9. The Labute approximate surface area is 637 Å². The van der Waals surface area contributed by atoms with Crippen LogP contribution >= 0.6 is 0 Å². The van der Waals surface area contributed by atoms with Crippen LogP contribution in [0.25, 0.3) is 0 Å². The van der Waals surface area contributed by atoms with Gasteiger partial charge in [0.25, 0.3) is 0 Å². The van der Waals surface area contributed by atoms with Gasteiger partial charge in [0.1, 0.15) is 13.2 Å². The first-order valence-corrected chi connectivity index (χ1v) is 43.3. The number of likely N-dealkylation sites (N-methyl/N-ethyl adjacent to an activating group) is 1. The molecule has 0 rings (SSSR count). The van der Waals surface area contributed by atoms with Gasteiger partial charge in [0, 0.05) is 12.8 Å². The van der Waals surface area contributed by atoms with Crippen LogP contribution in [0.5, 0.6) is 0 Å². The third kappa shape index (κ3) is 84.6. The van der Waals surface area contributed by atoms with Crippen LogP contribution in [-0.2, 0) is 33.3 Å². The normalized spacial score (nSPS) is 13.3. The largest absolute Gasteiger partial charge is 0.545 e. The van der Waals surface area contributed by atoms with E-state index in [9.17, 15) is 19.5 Å². The Morgan fingerprint density at radius 3 is 0.835 bits per heavy atom. The van der Waals surface area contributed by atoms with Crippen molar-refractivity contribution in [3.05, 3.63) is 134 Å². The maximum atomic E-state index is 13.0. The van der Waals surface area contributed by atoms with Gasteiger partial charge in [-0.3, -0.25) is 9.59 Å². The number of aliphatic carboxylic acids is 1. The minimum Gasteiger partial charge on any atom is -0.545 e. The smallest absolute Gasteiger partial charge is 0.306 e. The van der Waals surface area contributed by atoms with Crippen molar-refractivity contribution in [1.29, 1.82) is 0 Å². The molecule has 0 aliphatic carbocycles. The molecule has 2 unspecified atom stereocenters. The molecule has 0 amide bonds. The van der Waals surface area contributed by atoms with Crippen molar-refractivity contribution in [3.63, 3.8) is 0 Å². The highest BCUT2D eigenvalue weighted by Gasteiger charge is 2.22. The van der Waals surface area contributed by atoms with Crippen LogP contribution in [0.4, 0.5) is 0 Å². The number of allylic oxidation sites excluding steroid dienone is 22. The minimum atomic E-state index is -1.63. The van der Waals surface area contributed by atoms with Gasteiger partial charge in [-0.15, -0.1) is 0 Å². The number of hydrogen-bond acceptors (Lipinski definition) is 8. The van der Waals surface area contributed by atoms with Gasteiger partial charge in [0.05, 0.1) is 40.3 Å². The zero-order valence-electron chi connectivity index (χ0n) is 67.9. The lowest BCUT2D eigenvalue weighted by Gasteiger charge is -2.26. The van der Waals surface area contributed by atoms with Crippen LogP contribution in [0.2, 0.25) is 0 Å². The molecule has 103 heavy (non-hydrogen) atoms. The summed E-state index contributed by atoms with van der Waals surface area (Å²) in [5, 5.41) is 11.9. The molecule has 0 aromatic heterocycles. The predicted octanol–water partition coefficient (Wildman–Crippen LogP) is 27.0. The van der Waals surface area contributed by atoms with Gasteiger partial charge < -0.3 is 33.3 Å². The van der Waals surface area contributed by atoms with Crippen molar-refractivity contribution in [3.8, 4) is 0 Å². The molecule has 0 heterocycles. The molecular weight excluding hydrogens is 1270 g/mol. The van der Waals surface area contributed by atoms with E-state index in [1.807, 2.05) is 21.1 Å². The Morgan fingerprint density at radius 2 is 0.553 bits per heavy atom. The average molecular weight is 1440 g/mol. The van der Waals surface area contributed by atoms with Crippen molar-refractivity contribution >= 4 is 17.9 Å². The van der Waals surface area contributed by atoms with E-state index in [2.05, 4.69) is 148 Å². The summed E-state index contributed by atoms with van der Waals surface area (Å²) in [7, 11) is 5.94. The maximum absolute atomic E-state index is 13.0. The molecule has 0 saturated heterocycles. The fraction of sp³-hybridized carbons (Fsp3) is 0.734. The Hall–Kier alpha value is -4.57. The number of nitrogens with zero attached hydrogens (tertiary/aromatic N) is 1. The SMILES string of the molecule is CC/C=C\C/C=C\C/C=C\C/C=C\C/C=C\C/C=C\C/C=C\C/C=C\C/C=C\C/C=C\CCCCCCCCCCCCC(=O)OC(COC(=O)CCCCCCCCCCCCCCCCCCCCCCCCCCC/C=C\CCCCCCCCCC)COC(OCC[N+](C)(C)C)C(=O)[O-]. The number of hydrogen-bond donors (Lipinski definition) is 0. The molecule has 0 aliphatic heterocycles. The molecule has 0 aromatic rings. The van der Waals surface area contributed by atoms with E-state index < -0.39 is 24.3 Å². The average Bonchev–Trinajstić information content (AvgIpc) is 1.01. The van der Waals surface area contributed by atoms with Crippen LogP contribution in [0.3, 0.4) is 0 Å². The van der Waals surface area contributed by atoms with Crippen LogP contribution in [0.1, 0.15) is 386 Å². The standard InChI is InChI=1S/C94H163NO8/c1-6-8-10-12-14-16-18-20-22-24-26-28-30-32-34-36-38-40-42-44-45-46-47-49-51-53-55-57-59-61-63-65-67-69-71-73-75-77-79-81-83-85-92(97)103-90(89-102-94(93(98)99)100-87-86-95(3,4)5)88-101-91(96)84-82-80-78-76-74-72-70-68-66-64-62-60-58-56-54-52-50-48-43-41-39-37-35-33-31-29-27-25-23-21-19-17-15-13-11-9-7-2/h8,10,14,16,20,22,25-28,32,34,38,40,44-45,47,49,53,55,59,61,90,94H,6-7,9,11-13,15,17-19,21,23-24,29-31,33,35-37,39,41-43,46,48,50-52,54,56-58,60,62-89H2,1-5H3/b10-8-,16-14-,22-20-,27-25-,28-26-,34-32-,40-38-,45-44-,49-47-,55-53-,61-59-. The first kappa shape index (κ1) is 98.4. The highest BCUT2D eigenvalue weighted by Crippen LogP contribution is 2.19. The van der Waals surface area contributed by atoms with Crippen molar-refractivity contribution in [1.82, 2.24) is 0 Å². The number of esters is 2. The van der Waals surface area contributed by atoms with Crippen molar-refractivity contribution < 1.29 is 42.9 Å². The Balaban J connectivity index is 4.02. The third-order valence-corrected chi connectivity index (χ3v) is 18.9. The number of rotatable bonds is 80. The quantitative estimate of drug-likeness (QED) is 0.0195. The molecule has 0 aliphatic rings. The molecule has 0 radical (unpaired) electrons. The van der Waals surface area contributed by atoms with Crippen molar-refractivity contribution in [2.24, 2.45) is 0 Å². The Kier molecular flexibility index (Phi) is 79.4. The van der Waals surface area contributed by atoms with Crippen LogP contribution < -0.4 is 5.11 Å². The molecule has 592 valence electrons. The molecule has 9 nitrogen and oxygen atoms in total. The lowest BCUT2D eigenvalue weighted by Crippen LogP contribution is -2.44. The number of carbonyl (C=O) groups is 3. The van der Waals surface area contributed by atoms with Gasteiger partial charge in [-0.25, -0.2) is 0 Å². The minimum absolute atomic E-state index is 0.143. The first-order chi connectivity index (χ1) is 50.6. The van der Waals surface area contributed by atoms with E-state index in [4.69, 9.17) is 18.9 Å². The zero-order chi connectivity index (χ0) is 74.6. The second-order valence-electron chi connectivity index (χ2n) is 30.1. The van der Waals surface area contributed by atoms with Gasteiger partial charge in [0.15, 0.2) is 12.4 Å². The number of quaternary nitrogens is 1. The van der Waals surface area contributed by atoms with Crippen LogP contribution in [-0.4, -0.2) is 82.3 Å². The molecule has 0 fully saturated rings. The van der Waals surface area contributed by atoms with Gasteiger partial charge in [-0.2, -0.15) is 0 Å². The van der Waals surface area contributed by atoms with E-state index in [1.54, 1.807) is 0 Å². The summed E-state index contributed by atoms with van der Waals surface area (Å²) in [4.78, 5) is 37.7. The fourth-order valence-electron chi connectivity index (χ4n) is 12.3. The maximum Gasteiger partial charge on any atom is 0.306 e. The van der Waals surface area contributed by atoms with Gasteiger partial charge in [0.2, 0.25) is 0 Å². The van der Waals surface area contributed by atoms with E-state index in [0.717, 1.165) is 109 Å². The highest BCUT2D eigenvalue weighted by atomic mass is 16.7. The Morgan fingerprint density at radius 1 is 0.301 bits per heavy atom. The summed E-state index contributed by atoms with van der Waals surface area (Å²) in [6.07, 6.45) is 117. The molecule has 9 heteroatoms. The van der Waals surface area contributed by atoms with E-state index >= 15 is 0 Å². The lowest BCUT2D eigenvalue weighted by atomic mass is 10.0. The third-order valence-electron chi connectivity index (χ3n) is 18.9. The van der Waals surface area contributed by atoms with Gasteiger partial charge >= 0.3 is 11.9 Å². The first-order valence-electron chi connectivity index (χ1n) is 43.3. The molecular formula is C94H163NO8. The second kappa shape index (κ2) is 83.1. The summed E-state index contributed by atoms with van der Waals surface area (Å²) >= 11 is 0. The van der Waals surface area contributed by atoms with Crippen LogP contribution in [0.15, 0.2) is 134 Å². The van der Waals surface area contributed by atoms with Gasteiger partial charge in [-0.1, -0.05) is 392 Å². The Bertz CT molecular complexity index is 2170. The topological polar surface area (TPSA) is 111 Å². The summed E-state index contributed by atoms with van der Waals surface area (Å²) in [5.41, 5.74) is 0. The lowest BCUT2D eigenvalue weighted by molar-refractivity contribution is -0.870.